The van der Waals surface area contributed by atoms with Gasteiger partial charge in [0, 0.05) is 12.1 Å². The number of halogens is 1. The van der Waals surface area contributed by atoms with Crippen molar-refractivity contribution >= 4 is 41.1 Å². The van der Waals surface area contributed by atoms with Crippen LogP contribution in [0.25, 0.3) is 0 Å². The maximum absolute atomic E-state index is 14.2. The van der Waals surface area contributed by atoms with Gasteiger partial charge >= 0.3 is 0 Å². The van der Waals surface area contributed by atoms with Crippen molar-refractivity contribution in [1.29, 1.82) is 0 Å². The lowest BCUT2D eigenvalue weighted by Gasteiger charge is -2.41. The minimum atomic E-state index is -0.929. The maximum Gasteiger partial charge on any atom is 0.266 e. The number of hydrogen-bond donors (Lipinski definition) is 2. The zero-order valence-electron chi connectivity index (χ0n) is 23.1. The van der Waals surface area contributed by atoms with Crippen molar-refractivity contribution in [2.24, 2.45) is 5.92 Å². The molecular weight excluding hydrogens is 559 g/mol. The van der Waals surface area contributed by atoms with Gasteiger partial charge in [-0.15, -0.1) is 0 Å². The van der Waals surface area contributed by atoms with E-state index in [9.17, 15) is 23.6 Å². The second-order valence-corrected chi connectivity index (χ2v) is 12.6. The first-order chi connectivity index (χ1) is 20.3. The van der Waals surface area contributed by atoms with Gasteiger partial charge in [-0.05, 0) is 74.1 Å². The predicted molar refractivity (Wildman–Crippen MR) is 156 cm³/mol. The Kier molecular flexibility index (Phi) is 8.02. The van der Waals surface area contributed by atoms with E-state index in [4.69, 9.17) is 4.74 Å². The number of rotatable bonds is 6. The number of nitrogens with one attached hydrogen (secondary N) is 2. The summed E-state index contributed by atoms with van der Waals surface area (Å²) >= 11 is 1.87. The number of amides is 4. The number of benzene rings is 1. The van der Waals surface area contributed by atoms with Crippen LogP contribution in [0.3, 0.4) is 0 Å². The molecule has 11 heteroatoms. The summed E-state index contributed by atoms with van der Waals surface area (Å²) in [5.74, 6) is -0.326. The lowest BCUT2D eigenvalue weighted by atomic mass is 9.78. The van der Waals surface area contributed by atoms with E-state index in [0.717, 1.165) is 36.1 Å². The number of pyridine rings is 1. The van der Waals surface area contributed by atoms with Gasteiger partial charge in [0.15, 0.2) is 6.10 Å². The number of para-hydroxylation sites is 2. The highest BCUT2D eigenvalue weighted by Crippen LogP contribution is 2.42. The molecule has 1 saturated heterocycles. The Hall–Kier alpha value is -3.73. The van der Waals surface area contributed by atoms with Crippen LogP contribution in [0, 0.1) is 11.7 Å². The highest BCUT2D eigenvalue weighted by molar-refractivity contribution is 7.99. The second kappa shape index (κ2) is 11.9. The van der Waals surface area contributed by atoms with E-state index >= 15 is 0 Å². The van der Waals surface area contributed by atoms with Gasteiger partial charge in [-0.3, -0.25) is 29.1 Å². The predicted octanol–water partition coefficient (Wildman–Crippen LogP) is 4.20. The molecule has 1 saturated carbocycles. The van der Waals surface area contributed by atoms with E-state index in [1.54, 1.807) is 24.3 Å². The molecule has 4 aliphatic rings. The van der Waals surface area contributed by atoms with E-state index < -0.39 is 23.7 Å². The van der Waals surface area contributed by atoms with Gasteiger partial charge in [-0.2, -0.15) is 11.8 Å². The van der Waals surface area contributed by atoms with Gasteiger partial charge in [0.1, 0.15) is 17.5 Å². The summed E-state index contributed by atoms with van der Waals surface area (Å²) < 4.78 is 20.0. The number of hydrogen-bond acceptors (Lipinski definition) is 7. The summed E-state index contributed by atoms with van der Waals surface area (Å²) in [5, 5.41) is 5.75. The molecule has 0 radical (unpaired) electrons. The van der Waals surface area contributed by atoms with E-state index in [1.807, 2.05) is 11.8 Å². The van der Waals surface area contributed by atoms with Gasteiger partial charge in [0.2, 0.25) is 11.8 Å². The first kappa shape index (κ1) is 28.4. The fourth-order valence-corrected chi connectivity index (χ4v) is 7.59. The zero-order valence-corrected chi connectivity index (χ0v) is 24.0. The van der Waals surface area contributed by atoms with Crippen molar-refractivity contribution in [3.05, 3.63) is 65.8 Å². The molecule has 3 aliphatic heterocycles. The number of carbonyl (C=O) groups excluding carboxylic acids is 4. The van der Waals surface area contributed by atoms with Gasteiger partial charge in [0.05, 0.1) is 29.6 Å². The number of ether oxygens (including phenoxy) is 1. The Morgan fingerprint density at radius 2 is 1.86 bits per heavy atom. The Morgan fingerprint density at radius 1 is 1.12 bits per heavy atom. The van der Waals surface area contributed by atoms with Gasteiger partial charge in [-0.25, -0.2) is 4.39 Å². The summed E-state index contributed by atoms with van der Waals surface area (Å²) in [6.45, 7) is 4.30. The molecule has 1 aromatic carbocycles. The lowest BCUT2D eigenvalue weighted by Crippen LogP contribution is -2.53. The van der Waals surface area contributed by atoms with Crippen molar-refractivity contribution in [3.8, 4) is 5.75 Å². The van der Waals surface area contributed by atoms with Crippen LogP contribution in [0.2, 0.25) is 0 Å². The van der Waals surface area contributed by atoms with E-state index in [0.29, 0.717) is 42.8 Å². The molecule has 4 heterocycles. The molecular formula is C31H33FN4O5S. The monoisotopic (exact) mass is 592 g/mol. The number of carbonyl (C=O) groups is 4. The van der Waals surface area contributed by atoms with Gasteiger partial charge < -0.3 is 15.4 Å². The first-order valence-electron chi connectivity index (χ1n) is 14.5. The van der Waals surface area contributed by atoms with Crippen LogP contribution < -0.4 is 15.4 Å². The minimum absolute atomic E-state index is 0.119. The van der Waals surface area contributed by atoms with Crippen LogP contribution >= 0.6 is 11.8 Å². The Bertz CT molecular complexity index is 1440. The highest BCUT2D eigenvalue weighted by Gasteiger charge is 2.46. The molecule has 2 atom stereocenters. The standard InChI is InChI=1S/C31H33FN4O5S/c1-17(18-10-12-42-13-11-18)27-28-22(14-19(32)16-33-28)30(39)36(31(27)40)21-8-6-20(7-9-21)34-26(37)15-25-29(38)35-23-4-2-3-5-24(23)41-25/h2-5,14,16,18,20-21,25,27H,1,6-13,15H2,(H,34,37)(H,35,38). The highest BCUT2D eigenvalue weighted by atomic mass is 32.2. The Morgan fingerprint density at radius 3 is 2.62 bits per heavy atom. The molecule has 0 bridgehead atoms. The normalized spacial score (nSPS) is 26.0. The van der Waals surface area contributed by atoms with Crippen LogP contribution in [-0.2, 0) is 14.4 Å². The molecule has 2 aromatic rings. The molecule has 6 rings (SSSR count). The molecule has 2 unspecified atom stereocenters. The molecule has 4 amide bonds. The lowest BCUT2D eigenvalue weighted by molar-refractivity contribution is -0.133. The van der Waals surface area contributed by atoms with Crippen molar-refractivity contribution in [1.82, 2.24) is 15.2 Å². The van der Waals surface area contributed by atoms with E-state index in [1.165, 1.54) is 11.0 Å². The number of anilines is 1. The van der Waals surface area contributed by atoms with Crippen LogP contribution in [0.15, 0.2) is 48.7 Å². The van der Waals surface area contributed by atoms with Gasteiger partial charge in [0.25, 0.3) is 11.8 Å². The number of imide groups is 1. The Balaban J connectivity index is 1.11. The average molecular weight is 593 g/mol. The van der Waals surface area contributed by atoms with E-state index in [-0.39, 0.29) is 47.7 Å². The average Bonchev–Trinajstić information content (AvgIpc) is 2.99. The number of nitrogens with zero attached hydrogens (tertiary/aromatic N) is 2. The molecule has 0 spiro atoms. The number of aromatic nitrogens is 1. The molecule has 2 N–H and O–H groups in total. The number of fused-ring (bicyclic) bond motifs is 2. The summed E-state index contributed by atoms with van der Waals surface area (Å²) in [6, 6.07) is 7.68. The summed E-state index contributed by atoms with van der Waals surface area (Å²) in [6.07, 6.45) is 3.90. The van der Waals surface area contributed by atoms with Crippen LogP contribution in [0.5, 0.6) is 5.75 Å². The number of thioether (sulfide) groups is 1. The third-order valence-electron chi connectivity index (χ3n) is 8.71. The summed E-state index contributed by atoms with van der Waals surface area (Å²) in [5.41, 5.74) is 1.73. The van der Waals surface area contributed by atoms with Crippen LogP contribution in [-0.4, -0.2) is 63.2 Å². The quantitative estimate of drug-likeness (QED) is 0.381. The first-order valence-corrected chi connectivity index (χ1v) is 15.6. The van der Waals surface area contributed by atoms with Crippen molar-refractivity contribution in [3.63, 3.8) is 0 Å². The third-order valence-corrected chi connectivity index (χ3v) is 9.76. The van der Waals surface area contributed by atoms with E-state index in [2.05, 4.69) is 22.2 Å². The maximum atomic E-state index is 14.2. The summed E-state index contributed by atoms with van der Waals surface area (Å²) in [4.78, 5) is 58.3. The van der Waals surface area contributed by atoms with Crippen molar-refractivity contribution in [2.45, 2.75) is 69.1 Å². The fraction of sp³-hybridized carbons (Fsp3) is 0.452. The van der Waals surface area contributed by atoms with Crippen LogP contribution in [0.4, 0.5) is 10.1 Å². The minimum Gasteiger partial charge on any atom is -0.478 e. The molecule has 1 aliphatic carbocycles. The third kappa shape index (κ3) is 5.54. The second-order valence-electron chi connectivity index (χ2n) is 11.4. The smallest absolute Gasteiger partial charge is 0.266 e. The fourth-order valence-electron chi connectivity index (χ4n) is 6.48. The Labute approximate surface area is 247 Å². The zero-order chi connectivity index (χ0) is 29.4. The van der Waals surface area contributed by atoms with Gasteiger partial charge in [-0.1, -0.05) is 24.3 Å². The largest absolute Gasteiger partial charge is 0.478 e. The van der Waals surface area contributed by atoms with Crippen molar-refractivity contribution in [2.75, 3.05) is 16.8 Å². The summed E-state index contributed by atoms with van der Waals surface area (Å²) in [7, 11) is 0. The van der Waals surface area contributed by atoms with Crippen LogP contribution in [0.1, 0.15) is 66.9 Å². The topological polar surface area (TPSA) is 118 Å². The molecule has 220 valence electrons. The molecule has 2 fully saturated rings. The van der Waals surface area contributed by atoms with Crippen molar-refractivity contribution < 1.29 is 28.3 Å². The SMILES string of the molecule is C=C(C1CCSCC1)C1C(=O)N(C2CCC(NC(=O)CC3Oc4ccccc4NC3=O)CC2)C(=O)c2cc(F)cnc21. The molecule has 42 heavy (non-hydrogen) atoms. The molecule has 9 nitrogen and oxygen atoms in total. The molecule has 1 aromatic heterocycles.